The highest BCUT2D eigenvalue weighted by atomic mass is 19.4. The molecule has 0 unspecified atom stereocenters. The number of nitrogens with one attached hydrogen (secondary N) is 1. The number of fused-ring (bicyclic) bond motifs is 1. The molecule has 0 spiro atoms. The number of carbonyl (C=O) groups is 2. The number of H-pyrrole nitrogens is 1. The molecule has 3 rings (SSSR count). The minimum Gasteiger partial charge on any atom is -0.478 e. The van der Waals surface area contributed by atoms with Crippen molar-refractivity contribution >= 4 is 34.7 Å². The molecule has 0 aliphatic rings. The van der Waals surface area contributed by atoms with Gasteiger partial charge in [0.1, 0.15) is 0 Å². The van der Waals surface area contributed by atoms with Crippen LogP contribution >= 0.6 is 0 Å². The van der Waals surface area contributed by atoms with Crippen LogP contribution in [0.1, 0.15) is 16.1 Å². The van der Waals surface area contributed by atoms with Crippen LogP contribution in [0, 0.1) is 0 Å². The van der Waals surface area contributed by atoms with E-state index in [9.17, 15) is 27.6 Å². The van der Waals surface area contributed by atoms with Gasteiger partial charge in [0.2, 0.25) is 5.95 Å². The number of hydrogen-bond acceptors (Lipinski definition) is 7. The summed E-state index contributed by atoms with van der Waals surface area (Å²) in [6.45, 7) is -0.453. The maximum absolute atomic E-state index is 13.0. The van der Waals surface area contributed by atoms with Crippen LogP contribution in [-0.4, -0.2) is 49.6 Å². The summed E-state index contributed by atoms with van der Waals surface area (Å²) in [7, 11) is 0. The molecule has 0 saturated heterocycles. The van der Waals surface area contributed by atoms with Crippen molar-refractivity contribution in [1.29, 1.82) is 0 Å². The van der Waals surface area contributed by atoms with Crippen molar-refractivity contribution in [3.63, 3.8) is 0 Å². The van der Waals surface area contributed by atoms with Crippen LogP contribution < -0.4 is 16.2 Å². The predicted octanol–water partition coefficient (Wildman–Crippen LogP) is 1.13. The standard InChI is InChI=1S/C17H13F3N6O4/c18-17(19,20)15(30)26(10-3-1-8(2-4-10)14(28)29)6-5-9-7-22-12-11(23-9)13(27)25-16(21)24-12/h1-4,7H,5-6H2,(H,28,29)(H3,21,22,24,25,27). The summed E-state index contributed by atoms with van der Waals surface area (Å²) in [6.07, 6.45) is -4.12. The quantitative estimate of drug-likeness (QED) is 0.553. The molecule has 1 aromatic carbocycles. The lowest BCUT2D eigenvalue weighted by Gasteiger charge is -2.24. The maximum Gasteiger partial charge on any atom is 0.471 e. The monoisotopic (exact) mass is 422 g/mol. The van der Waals surface area contributed by atoms with E-state index in [2.05, 4.69) is 19.9 Å². The molecule has 30 heavy (non-hydrogen) atoms. The van der Waals surface area contributed by atoms with Crippen LogP contribution in [0.5, 0.6) is 0 Å². The number of aromatic nitrogens is 4. The number of halogens is 3. The van der Waals surface area contributed by atoms with Gasteiger partial charge in [-0.25, -0.2) is 14.8 Å². The molecule has 0 fully saturated rings. The molecule has 0 aliphatic carbocycles. The Morgan fingerprint density at radius 1 is 1.17 bits per heavy atom. The summed E-state index contributed by atoms with van der Waals surface area (Å²) < 4.78 is 39.1. The number of aromatic amines is 1. The predicted molar refractivity (Wildman–Crippen MR) is 97.9 cm³/mol. The number of nitrogen functional groups attached to an aromatic ring is 1. The van der Waals surface area contributed by atoms with Crippen LogP contribution in [0.2, 0.25) is 0 Å². The Kier molecular flexibility index (Phi) is 5.36. The minimum absolute atomic E-state index is 0.0347. The van der Waals surface area contributed by atoms with Crippen molar-refractivity contribution in [2.75, 3.05) is 17.2 Å². The Bertz CT molecular complexity index is 1180. The smallest absolute Gasteiger partial charge is 0.471 e. The number of nitrogens with zero attached hydrogens (tertiary/aromatic N) is 4. The second-order valence-electron chi connectivity index (χ2n) is 6.04. The summed E-state index contributed by atoms with van der Waals surface area (Å²) >= 11 is 0. The fraction of sp³-hybridized carbons (Fsp3) is 0.176. The zero-order valence-electron chi connectivity index (χ0n) is 15.0. The van der Waals surface area contributed by atoms with E-state index in [4.69, 9.17) is 10.8 Å². The van der Waals surface area contributed by atoms with E-state index in [1.54, 1.807) is 0 Å². The highest BCUT2D eigenvalue weighted by Gasteiger charge is 2.43. The van der Waals surface area contributed by atoms with Crippen molar-refractivity contribution in [2.24, 2.45) is 0 Å². The van der Waals surface area contributed by atoms with E-state index in [0.29, 0.717) is 4.90 Å². The Hall–Kier alpha value is -4.03. The van der Waals surface area contributed by atoms with Gasteiger partial charge in [-0.1, -0.05) is 0 Å². The molecule has 13 heteroatoms. The molecule has 0 atom stereocenters. The summed E-state index contributed by atoms with van der Waals surface area (Å²) in [6, 6.07) is 4.35. The normalized spacial score (nSPS) is 11.4. The molecule has 0 radical (unpaired) electrons. The van der Waals surface area contributed by atoms with Gasteiger partial charge in [0.05, 0.1) is 17.5 Å². The van der Waals surface area contributed by atoms with Gasteiger partial charge < -0.3 is 15.7 Å². The highest BCUT2D eigenvalue weighted by molar-refractivity contribution is 5.98. The molecule has 3 aromatic rings. The molecule has 4 N–H and O–H groups in total. The average molecular weight is 422 g/mol. The number of alkyl halides is 3. The topological polar surface area (TPSA) is 155 Å². The Labute approximate surface area is 165 Å². The van der Waals surface area contributed by atoms with E-state index in [0.717, 1.165) is 24.3 Å². The van der Waals surface area contributed by atoms with Crippen LogP contribution in [0.3, 0.4) is 0 Å². The zero-order chi connectivity index (χ0) is 22.1. The molecule has 156 valence electrons. The van der Waals surface area contributed by atoms with Gasteiger partial charge in [0.15, 0.2) is 11.2 Å². The number of hydrogen-bond donors (Lipinski definition) is 3. The lowest BCUT2D eigenvalue weighted by Crippen LogP contribution is -2.42. The Morgan fingerprint density at radius 2 is 1.83 bits per heavy atom. The van der Waals surface area contributed by atoms with E-state index in [1.165, 1.54) is 6.20 Å². The summed E-state index contributed by atoms with van der Waals surface area (Å²) in [5, 5.41) is 8.91. The van der Waals surface area contributed by atoms with Crippen LogP contribution in [0.15, 0.2) is 35.3 Å². The summed E-state index contributed by atoms with van der Waals surface area (Å²) in [5.41, 5.74) is 4.40. The molecule has 0 saturated carbocycles. The third-order valence-corrected chi connectivity index (χ3v) is 3.99. The van der Waals surface area contributed by atoms with E-state index >= 15 is 0 Å². The van der Waals surface area contributed by atoms with Gasteiger partial charge in [-0.3, -0.25) is 14.6 Å². The molecular weight excluding hydrogens is 409 g/mol. The lowest BCUT2D eigenvalue weighted by molar-refractivity contribution is -0.170. The maximum atomic E-state index is 13.0. The van der Waals surface area contributed by atoms with Crippen molar-refractivity contribution in [3.8, 4) is 0 Å². The van der Waals surface area contributed by atoms with E-state index in [-0.39, 0.29) is 40.5 Å². The number of carboxylic acids is 1. The molecule has 0 aliphatic heterocycles. The number of carbonyl (C=O) groups excluding carboxylic acids is 1. The van der Waals surface area contributed by atoms with Crippen molar-refractivity contribution in [2.45, 2.75) is 12.6 Å². The van der Waals surface area contributed by atoms with Crippen molar-refractivity contribution in [3.05, 3.63) is 52.1 Å². The van der Waals surface area contributed by atoms with Crippen LogP contribution in [0.25, 0.3) is 11.2 Å². The van der Waals surface area contributed by atoms with Gasteiger partial charge in [0.25, 0.3) is 5.56 Å². The second-order valence-corrected chi connectivity index (χ2v) is 6.04. The number of anilines is 2. The Morgan fingerprint density at radius 3 is 2.43 bits per heavy atom. The fourth-order valence-electron chi connectivity index (χ4n) is 2.60. The third kappa shape index (κ3) is 4.34. The van der Waals surface area contributed by atoms with Crippen molar-refractivity contribution in [1.82, 2.24) is 19.9 Å². The number of aromatic carboxylic acids is 1. The van der Waals surface area contributed by atoms with Crippen LogP contribution in [0.4, 0.5) is 24.8 Å². The van der Waals surface area contributed by atoms with Gasteiger partial charge in [0, 0.05) is 18.7 Å². The second kappa shape index (κ2) is 7.77. The van der Waals surface area contributed by atoms with Crippen molar-refractivity contribution < 1.29 is 27.9 Å². The number of benzene rings is 1. The molecular formula is C17H13F3N6O4. The van der Waals surface area contributed by atoms with Gasteiger partial charge >= 0.3 is 18.1 Å². The molecule has 0 bridgehead atoms. The number of amides is 1. The summed E-state index contributed by atoms with van der Waals surface area (Å²) in [5.74, 6) is -3.56. The van der Waals surface area contributed by atoms with Gasteiger partial charge in [-0.05, 0) is 24.3 Å². The van der Waals surface area contributed by atoms with Gasteiger partial charge in [-0.2, -0.15) is 18.2 Å². The first kappa shape index (κ1) is 20.7. The molecule has 2 aromatic heterocycles. The van der Waals surface area contributed by atoms with Gasteiger partial charge in [-0.15, -0.1) is 0 Å². The number of rotatable bonds is 5. The number of nitrogens with two attached hydrogens (primary N) is 1. The van der Waals surface area contributed by atoms with Crippen LogP contribution in [-0.2, 0) is 11.2 Å². The minimum atomic E-state index is -5.15. The third-order valence-electron chi connectivity index (χ3n) is 3.99. The van der Waals surface area contributed by atoms with E-state index < -0.39 is 30.2 Å². The average Bonchev–Trinajstić information content (AvgIpc) is 2.68. The largest absolute Gasteiger partial charge is 0.478 e. The SMILES string of the molecule is Nc1nc2ncc(CCN(C(=O)C(F)(F)F)c3ccc(C(=O)O)cc3)nc2c(=O)[nH]1. The first-order valence-electron chi connectivity index (χ1n) is 8.29. The Balaban J connectivity index is 1.90. The zero-order valence-corrected chi connectivity index (χ0v) is 15.0. The van der Waals surface area contributed by atoms with E-state index in [1.807, 2.05) is 0 Å². The molecule has 10 nitrogen and oxygen atoms in total. The molecule has 2 heterocycles. The highest BCUT2D eigenvalue weighted by Crippen LogP contribution is 2.24. The lowest BCUT2D eigenvalue weighted by atomic mass is 10.2. The first-order chi connectivity index (χ1) is 14.1. The fourth-order valence-corrected chi connectivity index (χ4v) is 2.60. The summed E-state index contributed by atoms with van der Waals surface area (Å²) in [4.78, 5) is 49.1. The first-order valence-corrected chi connectivity index (χ1v) is 8.29. The molecule has 1 amide bonds. The number of carboxylic acid groups (broad SMARTS) is 1.